The van der Waals surface area contributed by atoms with Crippen LogP contribution in [0.3, 0.4) is 0 Å². The minimum absolute atomic E-state index is 0.0222. The van der Waals surface area contributed by atoms with Crippen LogP contribution in [0.2, 0.25) is 5.02 Å². The van der Waals surface area contributed by atoms with E-state index in [0.29, 0.717) is 0 Å². The summed E-state index contributed by atoms with van der Waals surface area (Å²) >= 11 is 6.16. The molecule has 11 heteroatoms. The second kappa shape index (κ2) is 9.84. The van der Waals surface area contributed by atoms with E-state index in [0.717, 1.165) is 0 Å². The first-order valence-electron chi connectivity index (χ1n) is 9.88. The molecule has 0 aliphatic rings. The van der Waals surface area contributed by atoms with Crippen LogP contribution in [0.4, 0.5) is 27.3 Å². The second-order valence-corrected chi connectivity index (χ2v) is 7.69. The number of benzene rings is 2. The van der Waals surface area contributed by atoms with Gasteiger partial charge >= 0.3 is 5.97 Å². The molecule has 3 aromatic rings. The summed E-state index contributed by atoms with van der Waals surface area (Å²) < 4.78 is 20.3. The average Bonchev–Trinajstić information content (AvgIpc) is 2.82. The first-order chi connectivity index (χ1) is 16.1. The molecule has 0 aliphatic heterocycles. The second-order valence-electron chi connectivity index (χ2n) is 7.29. The van der Waals surface area contributed by atoms with Gasteiger partial charge in [-0.1, -0.05) is 36.4 Å². The number of para-hydroxylation sites is 2. The fourth-order valence-electron chi connectivity index (χ4n) is 3.41. The smallest absolute Gasteiger partial charge is 0.357 e. The zero-order chi connectivity index (χ0) is 25.2. The number of halogens is 2. The Kier molecular flexibility index (Phi) is 7.11. The Hall–Kier alpha value is -4.05. The van der Waals surface area contributed by atoms with Gasteiger partial charge in [0.2, 0.25) is 0 Å². The van der Waals surface area contributed by atoms with Crippen LogP contribution in [0.1, 0.15) is 16.1 Å². The van der Waals surface area contributed by atoms with E-state index >= 15 is 4.39 Å². The molecule has 0 fully saturated rings. The molecule has 176 valence electrons. The lowest BCUT2D eigenvalue weighted by Gasteiger charge is -2.22. The number of rotatable bonds is 7. The minimum Gasteiger partial charge on any atom is -0.464 e. The van der Waals surface area contributed by atoms with Gasteiger partial charge in [0.05, 0.1) is 33.9 Å². The SMILES string of the molecule is C=Cc1c(C(=O)OC)nc(-c2ccc(Cl)c(N(C)C)c2F)nc1N(C)c1ccccc1[N+](=O)[O-]. The van der Waals surface area contributed by atoms with Crippen molar-refractivity contribution in [2.75, 3.05) is 38.1 Å². The van der Waals surface area contributed by atoms with Crippen molar-refractivity contribution in [3.8, 4) is 11.4 Å². The molecule has 0 saturated carbocycles. The highest BCUT2D eigenvalue weighted by atomic mass is 35.5. The molecule has 3 rings (SSSR count). The van der Waals surface area contributed by atoms with Gasteiger partial charge in [-0.3, -0.25) is 10.1 Å². The van der Waals surface area contributed by atoms with E-state index in [2.05, 4.69) is 16.5 Å². The summed E-state index contributed by atoms with van der Waals surface area (Å²) in [5.41, 5.74) is 0.0889. The summed E-state index contributed by atoms with van der Waals surface area (Å²) in [5.74, 6) is -1.55. The van der Waals surface area contributed by atoms with Crippen LogP contribution >= 0.6 is 11.6 Å². The number of nitro groups is 1. The predicted molar refractivity (Wildman–Crippen MR) is 129 cm³/mol. The third-order valence-corrected chi connectivity index (χ3v) is 5.33. The normalized spacial score (nSPS) is 10.5. The van der Waals surface area contributed by atoms with E-state index < -0.39 is 16.7 Å². The Morgan fingerprint density at radius 2 is 1.88 bits per heavy atom. The molecule has 0 spiro atoms. The van der Waals surface area contributed by atoms with Gasteiger partial charge < -0.3 is 14.5 Å². The van der Waals surface area contributed by atoms with Gasteiger partial charge in [-0.15, -0.1) is 0 Å². The highest BCUT2D eigenvalue weighted by molar-refractivity contribution is 6.33. The van der Waals surface area contributed by atoms with Crippen molar-refractivity contribution in [3.63, 3.8) is 0 Å². The molecule has 2 aromatic carbocycles. The predicted octanol–water partition coefficient (Wildman–Crippen LogP) is 5.11. The summed E-state index contributed by atoms with van der Waals surface area (Å²) in [7, 11) is 5.97. The molecular formula is C23H21ClFN5O4. The Balaban J connectivity index is 2.36. The zero-order valence-electron chi connectivity index (χ0n) is 18.9. The van der Waals surface area contributed by atoms with Crippen molar-refractivity contribution in [3.05, 3.63) is 75.2 Å². The number of aromatic nitrogens is 2. The van der Waals surface area contributed by atoms with Crippen molar-refractivity contribution >= 4 is 46.5 Å². The molecule has 34 heavy (non-hydrogen) atoms. The lowest BCUT2D eigenvalue weighted by molar-refractivity contribution is -0.384. The summed E-state index contributed by atoms with van der Waals surface area (Å²) in [6.07, 6.45) is 1.33. The molecule has 0 amide bonds. The maximum atomic E-state index is 15.4. The van der Waals surface area contributed by atoms with Gasteiger partial charge in [-0.25, -0.2) is 19.2 Å². The Morgan fingerprint density at radius 3 is 2.47 bits per heavy atom. The molecule has 1 aromatic heterocycles. The Labute approximate surface area is 200 Å². The monoisotopic (exact) mass is 485 g/mol. The van der Waals surface area contributed by atoms with Gasteiger partial charge in [0.1, 0.15) is 11.5 Å². The average molecular weight is 486 g/mol. The topological polar surface area (TPSA) is 102 Å². The van der Waals surface area contributed by atoms with Crippen LogP contribution < -0.4 is 9.80 Å². The van der Waals surface area contributed by atoms with Gasteiger partial charge in [0.25, 0.3) is 5.69 Å². The Bertz CT molecular complexity index is 1300. The van der Waals surface area contributed by atoms with E-state index in [1.165, 1.54) is 60.4 Å². The van der Waals surface area contributed by atoms with Gasteiger partial charge in [0.15, 0.2) is 17.3 Å². The fraction of sp³-hybridized carbons (Fsp3) is 0.174. The zero-order valence-corrected chi connectivity index (χ0v) is 19.6. The van der Waals surface area contributed by atoms with Crippen molar-refractivity contribution in [2.24, 2.45) is 0 Å². The van der Waals surface area contributed by atoms with Gasteiger partial charge in [0, 0.05) is 27.2 Å². The molecule has 9 nitrogen and oxygen atoms in total. The van der Waals surface area contributed by atoms with Crippen LogP contribution in [0.25, 0.3) is 17.5 Å². The largest absolute Gasteiger partial charge is 0.464 e. The van der Waals surface area contributed by atoms with E-state index in [1.54, 1.807) is 20.2 Å². The van der Waals surface area contributed by atoms with Crippen LogP contribution in [-0.4, -0.2) is 49.1 Å². The number of esters is 1. The first kappa shape index (κ1) is 24.6. The molecule has 0 radical (unpaired) electrons. The number of nitro benzene ring substituents is 1. The highest BCUT2D eigenvalue weighted by Crippen LogP contribution is 2.38. The van der Waals surface area contributed by atoms with Crippen molar-refractivity contribution in [1.82, 2.24) is 9.97 Å². The third-order valence-electron chi connectivity index (χ3n) is 5.02. The van der Waals surface area contributed by atoms with Crippen molar-refractivity contribution in [2.45, 2.75) is 0 Å². The highest BCUT2D eigenvalue weighted by Gasteiger charge is 2.27. The third kappa shape index (κ3) is 4.40. The number of carbonyl (C=O) groups is 1. The maximum absolute atomic E-state index is 15.4. The molecule has 0 unspecified atom stereocenters. The van der Waals surface area contributed by atoms with Crippen molar-refractivity contribution in [1.29, 1.82) is 0 Å². The lowest BCUT2D eigenvalue weighted by atomic mass is 10.1. The summed E-state index contributed by atoms with van der Waals surface area (Å²) in [4.78, 5) is 35.2. The Morgan fingerprint density at radius 1 is 1.21 bits per heavy atom. The molecule has 0 saturated heterocycles. The van der Waals surface area contributed by atoms with Crippen molar-refractivity contribution < 1.29 is 18.8 Å². The first-order valence-corrected chi connectivity index (χ1v) is 10.3. The van der Waals surface area contributed by atoms with Gasteiger partial charge in [-0.05, 0) is 18.2 Å². The van der Waals surface area contributed by atoms with E-state index in [4.69, 9.17) is 16.3 Å². The number of hydrogen-bond donors (Lipinski definition) is 0. The summed E-state index contributed by atoms with van der Waals surface area (Å²) in [6.45, 7) is 3.72. The van der Waals surface area contributed by atoms with E-state index in [-0.39, 0.29) is 50.5 Å². The standard InChI is InChI=1S/C23H21ClFN5O4/c1-6-13-19(23(31)34-5)26-21(14-11-12-15(24)20(18(14)25)28(2)3)27-22(13)29(4)16-9-7-8-10-17(16)30(32)33/h6-12H,1H2,2-5H3. The molecule has 0 aliphatic carbocycles. The molecular weight excluding hydrogens is 465 g/mol. The van der Waals surface area contributed by atoms with Crippen LogP contribution in [0.15, 0.2) is 43.0 Å². The molecule has 1 heterocycles. The summed E-state index contributed by atoms with van der Waals surface area (Å²) in [5, 5.41) is 11.8. The number of nitrogens with zero attached hydrogens (tertiary/aromatic N) is 5. The number of methoxy groups -OCH3 is 1. The number of hydrogen-bond acceptors (Lipinski definition) is 8. The van der Waals surface area contributed by atoms with E-state index in [9.17, 15) is 14.9 Å². The van der Waals surface area contributed by atoms with Crippen LogP contribution in [0, 0.1) is 15.9 Å². The lowest BCUT2D eigenvalue weighted by Crippen LogP contribution is -2.19. The van der Waals surface area contributed by atoms with Crippen LogP contribution in [-0.2, 0) is 4.74 Å². The number of anilines is 3. The quantitative estimate of drug-likeness (QED) is 0.258. The molecule has 0 bridgehead atoms. The molecule has 0 atom stereocenters. The van der Waals surface area contributed by atoms with E-state index in [1.807, 2.05) is 0 Å². The van der Waals surface area contributed by atoms with Gasteiger partial charge in [-0.2, -0.15) is 0 Å². The summed E-state index contributed by atoms with van der Waals surface area (Å²) in [6, 6.07) is 8.90. The maximum Gasteiger partial charge on any atom is 0.357 e. The fourth-order valence-corrected chi connectivity index (χ4v) is 3.73. The van der Waals surface area contributed by atoms with Crippen LogP contribution in [0.5, 0.6) is 0 Å². The molecule has 0 N–H and O–H groups in total. The number of carbonyl (C=O) groups excluding carboxylic acids is 1. The minimum atomic E-state index is -0.807. The number of ether oxygens (including phenoxy) is 1.